The molecule has 0 aromatic carbocycles. The van der Waals surface area contributed by atoms with Crippen LogP contribution in [0.2, 0.25) is 0 Å². The van der Waals surface area contributed by atoms with Crippen LogP contribution < -0.4 is 11.5 Å². The van der Waals surface area contributed by atoms with Crippen LogP contribution in [0.1, 0.15) is 21.5 Å². The van der Waals surface area contributed by atoms with E-state index in [0.717, 1.165) is 11.1 Å². The fourth-order valence-corrected chi connectivity index (χ4v) is 1.65. The van der Waals surface area contributed by atoms with Crippen LogP contribution in [0, 0.1) is 13.8 Å². The van der Waals surface area contributed by atoms with Gasteiger partial charge in [-0.15, -0.1) is 0 Å². The second-order valence-corrected chi connectivity index (χ2v) is 4.03. The lowest BCUT2D eigenvalue weighted by atomic mass is 10.1. The summed E-state index contributed by atoms with van der Waals surface area (Å²) >= 11 is 0. The molecule has 18 heavy (non-hydrogen) atoms. The molecule has 1 amide bonds. The lowest BCUT2D eigenvalue weighted by molar-refractivity contribution is 0.100. The Morgan fingerprint density at radius 3 is 2.50 bits per heavy atom. The number of hydrogen-bond donors (Lipinski definition) is 2. The molecule has 2 aromatic rings. The molecule has 0 aliphatic carbocycles. The van der Waals surface area contributed by atoms with Crippen molar-refractivity contribution in [3.05, 3.63) is 35.2 Å². The van der Waals surface area contributed by atoms with Gasteiger partial charge in [0.05, 0.1) is 5.56 Å². The van der Waals surface area contributed by atoms with Crippen molar-refractivity contribution < 1.29 is 4.79 Å². The number of nitrogens with two attached hydrogens (primary N) is 2. The average Bonchev–Trinajstić information content (AvgIpc) is 2.28. The zero-order valence-corrected chi connectivity index (χ0v) is 10.1. The zero-order chi connectivity index (χ0) is 13.3. The van der Waals surface area contributed by atoms with E-state index in [1.54, 1.807) is 6.20 Å². The van der Waals surface area contributed by atoms with Crippen molar-refractivity contribution in [2.24, 2.45) is 5.73 Å². The largest absolute Gasteiger partial charge is 0.383 e. The molecule has 0 atom stereocenters. The number of carbonyl (C=O) groups is 1. The Kier molecular flexibility index (Phi) is 2.93. The Bertz CT molecular complexity index is 624. The van der Waals surface area contributed by atoms with Gasteiger partial charge in [0.2, 0.25) is 0 Å². The fraction of sp³-hybridized carbons (Fsp3) is 0.167. The minimum Gasteiger partial charge on any atom is -0.383 e. The van der Waals surface area contributed by atoms with E-state index in [4.69, 9.17) is 11.5 Å². The maximum atomic E-state index is 11.0. The third kappa shape index (κ3) is 2.13. The maximum Gasteiger partial charge on any atom is 0.254 e. The minimum atomic E-state index is -0.646. The van der Waals surface area contributed by atoms with Gasteiger partial charge in [0, 0.05) is 12.4 Å². The summed E-state index contributed by atoms with van der Waals surface area (Å²) in [7, 11) is 0. The monoisotopic (exact) mass is 243 g/mol. The van der Waals surface area contributed by atoms with Crippen molar-refractivity contribution in [2.75, 3.05) is 5.73 Å². The summed E-state index contributed by atoms with van der Waals surface area (Å²) < 4.78 is 0. The standard InChI is InChI=1S/C12H13N5O/c1-6-3-7(2)9(15-4-6)12-16-5-8(11(14)18)10(13)17-12/h3-5H,1-2H3,(H2,14,18)(H2,13,16,17). The molecule has 2 aromatic heterocycles. The van der Waals surface area contributed by atoms with Crippen LogP contribution in [0.5, 0.6) is 0 Å². The second-order valence-electron chi connectivity index (χ2n) is 4.03. The van der Waals surface area contributed by atoms with Crippen LogP contribution >= 0.6 is 0 Å². The van der Waals surface area contributed by atoms with Crippen molar-refractivity contribution >= 4 is 11.7 Å². The van der Waals surface area contributed by atoms with Gasteiger partial charge in [-0.1, -0.05) is 6.07 Å². The molecule has 0 saturated heterocycles. The van der Waals surface area contributed by atoms with Crippen LogP contribution in [-0.4, -0.2) is 20.9 Å². The molecule has 2 heterocycles. The normalized spacial score (nSPS) is 10.3. The lowest BCUT2D eigenvalue weighted by Crippen LogP contribution is -2.15. The molecule has 0 saturated carbocycles. The van der Waals surface area contributed by atoms with E-state index in [-0.39, 0.29) is 11.4 Å². The maximum absolute atomic E-state index is 11.0. The number of nitrogen functional groups attached to an aromatic ring is 1. The summed E-state index contributed by atoms with van der Waals surface area (Å²) in [5.74, 6) is -0.197. The molecule has 0 aliphatic heterocycles. The number of carbonyl (C=O) groups excluding carboxylic acids is 1. The van der Waals surface area contributed by atoms with Crippen LogP contribution in [0.25, 0.3) is 11.5 Å². The zero-order valence-electron chi connectivity index (χ0n) is 10.1. The average molecular weight is 243 g/mol. The highest BCUT2D eigenvalue weighted by Crippen LogP contribution is 2.19. The molecule has 6 nitrogen and oxygen atoms in total. The molecule has 2 rings (SSSR count). The van der Waals surface area contributed by atoms with Gasteiger partial charge >= 0.3 is 0 Å². The highest BCUT2D eigenvalue weighted by atomic mass is 16.1. The van der Waals surface area contributed by atoms with Crippen molar-refractivity contribution in [1.29, 1.82) is 0 Å². The molecule has 0 fully saturated rings. The summed E-state index contributed by atoms with van der Waals surface area (Å²) in [6, 6.07) is 1.98. The van der Waals surface area contributed by atoms with Gasteiger partial charge in [0.1, 0.15) is 11.5 Å². The molecule has 92 valence electrons. The van der Waals surface area contributed by atoms with E-state index in [9.17, 15) is 4.79 Å². The number of pyridine rings is 1. The van der Waals surface area contributed by atoms with E-state index in [0.29, 0.717) is 11.5 Å². The van der Waals surface area contributed by atoms with Crippen molar-refractivity contribution in [1.82, 2.24) is 15.0 Å². The number of amides is 1. The van der Waals surface area contributed by atoms with Crippen molar-refractivity contribution in [3.63, 3.8) is 0 Å². The molecule has 6 heteroatoms. The Morgan fingerprint density at radius 2 is 1.94 bits per heavy atom. The van der Waals surface area contributed by atoms with Gasteiger partial charge in [-0.3, -0.25) is 9.78 Å². The van der Waals surface area contributed by atoms with Crippen LogP contribution in [0.15, 0.2) is 18.5 Å². The summed E-state index contributed by atoms with van der Waals surface area (Å²) in [4.78, 5) is 23.4. The Hall–Kier alpha value is -2.50. The highest BCUT2D eigenvalue weighted by molar-refractivity contribution is 5.96. The van der Waals surface area contributed by atoms with E-state index in [2.05, 4.69) is 15.0 Å². The van der Waals surface area contributed by atoms with Crippen LogP contribution in [-0.2, 0) is 0 Å². The highest BCUT2D eigenvalue weighted by Gasteiger charge is 2.12. The molecule has 0 aliphatic rings. The first-order valence-corrected chi connectivity index (χ1v) is 5.35. The number of rotatable bonds is 2. The number of nitrogens with zero attached hydrogens (tertiary/aromatic N) is 3. The van der Waals surface area contributed by atoms with E-state index < -0.39 is 5.91 Å². The first kappa shape index (κ1) is 12.0. The Balaban J connectivity index is 2.52. The third-order valence-corrected chi connectivity index (χ3v) is 2.51. The van der Waals surface area contributed by atoms with Gasteiger partial charge in [-0.25, -0.2) is 9.97 Å². The quantitative estimate of drug-likeness (QED) is 0.812. The Labute approximate surface area is 104 Å². The van der Waals surface area contributed by atoms with Gasteiger partial charge in [0.25, 0.3) is 5.91 Å². The molecular weight excluding hydrogens is 230 g/mol. The molecule has 4 N–H and O–H groups in total. The number of primary amides is 1. The molecule has 0 unspecified atom stereocenters. The first-order valence-electron chi connectivity index (χ1n) is 5.35. The number of anilines is 1. The van der Waals surface area contributed by atoms with Crippen molar-refractivity contribution in [2.45, 2.75) is 13.8 Å². The predicted octanol–water partition coefficient (Wildman–Crippen LogP) is 0.837. The second kappa shape index (κ2) is 4.40. The van der Waals surface area contributed by atoms with Gasteiger partial charge in [-0.05, 0) is 25.0 Å². The van der Waals surface area contributed by atoms with E-state index in [1.165, 1.54) is 6.20 Å². The molecule has 0 radical (unpaired) electrons. The van der Waals surface area contributed by atoms with Gasteiger partial charge < -0.3 is 11.5 Å². The SMILES string of the molecule is Cc1cnc(-c2ncc(C(N)=O)c(N)n2)c(C)c1. The number of hydrogen-bond acceptors (Lipinski definition) is 5. The Morgan fingerprint density at radius 1 is 1.22 bits per heavy atom. The summed E-state index contributed by atoms with van der Waals surface area (Å²) in [5.41, 5.74) is 13.6. The molecule has 0 bridgehead atoms. The van der Waals surface area contributed by atoms with Crippen LogP contribution in [0.4, 0.5) is 5.82 Å². The first-order chi connectivity index (χ1) is 8.49. The fourth-order valence-electron chi connectivity index (χ4n) is 1.65. The number of aryl methyl sites for hydroxylation is 2. The third-order valence-electron chi connectivity index (χ3n) is 2.51. The molecular formula is C12H13N5O. The van der Waals surface area contributed by atoms with E-state index in [1.807, 2.05) is 19.9 Å². The van der Waals surface area contributed by atoms with Gasteiger partial charge in [0.15, 0.2) is 5.82 Å². The summed E-state index contributed by atoms with van der Waals surface area (Å²) in [6.07, 6.45) is 3.05. The minimum absolute atomic E-state index is 0.0641. The lowest BCUT2D eigenvalue weighted by Gasteiger charge is -2.06. The molecule has 0 spiro atoms. The van der Waals surface area contributed by atoms with Crippen LogP contribution in [0.3, 0.4) is 0 Å². The summed E-state index contributed by atoms with van der Waals surface area (Å²) in [6.45, 7) is 3.87. The summed E-state index contributed by atoms with van der Waals surface area (Å²) in [5, 5.41) is 0. The topological polar surface area (TPSA) is 108 Å². The smallest absolute Gasteiger partial charge is 0.254 e. The van der Waals surface area contributed by atoms with Gasteiger partial charge in [-0.2, -0.15) is 0 Å². The van der Waals surface area contributed by atoms with E-state index >= 15 is 0 Å². The van der Waals surface area contributed by atoms with Crippen molar-refractivity contribution in [3.8, 4) is 11.5 Å². The predicted molar refractivity (Wildman–Crippen MR) is 67.7 cm³/mol. The number of aromatic nitrogens is 3.